The molecule has 0 fully saturated rings. The Morgan fingerprint density at radius 1 is 1.25 bits per heavy atom. The molecule has 0 saturated carbocycles. The fourth-order valence-corrected chi connectivity index (χ4v) is 2.21. The summed E-state index contributed by atoms with van der Waals surface area (Å²) in [6.45, 7) is 8.38. The lowest BCUT2D eigenvalue weighted by Gasteiger charge is -2.29. The van der Waals surface area contributed by atoms with Gasteiger partial charge in [0.2, 0.25) is 0 Å². The zero-order chi connectivity index (χ0) is 12.1. The smallest absolute Gasteiger partial charge is 0.0470 e. The zero-order valence-corrected chi connectivity index (χ0v) is 10.9. The minimum atomic E-state index is 0.337. The van der Waals surface area contributed by atoms with Crippen molar-refractivity contribution >= 4 is 0 Å². The maximum atomic E-state index is 5.91. The van der Waals surface area contributed by atoms with Crippen molar-refractivity contribution in [1.29, 1.82) is 0 Å². The second kappa shape index (κ2) is 6.02. The van der Waals surface area contributed by atoms with Crippen LogP contribution in [0.15, 0.2) is 24.3 Å². The van der Waals surface area contributed by atoms with Crippen LogP contribution in [-0.2, 0) is 0 Å². The first-order chi connectivity index (χ1) is 7.56. The topological polar surface area (TPSA) is 29.3 Å². The minimum absolute atomic E-state index is 0.337. The Kier molecular flexibility index (Phi) is 4.97. The fraction of sp³-hybridized carbons (Fsp3) is 0.571. The lowest BCUT2D eigenvalue weighted by molar-refractivity contribution is 0.223. The van der Waals surface area contributed by atoms with Gasteiger partial charge in [-0.2, -0.15) is 0 Å². The number of hydrogen-bond donors (Lipinski definition) is 1. The van der Waals surface area contributed by atoms with E-state index in [0.717, 1.165) is 6.54 Å². The molecule has 16 heavy (non-hydrogen) atoms. The molecule has 0 radical (unpaired) electrons. The van der Waals surface area contributed by atoms with Crippen LogP contribution >= 0.6 is 0 Å². The van der Waals surface area contributed by atoms with Gasteiger partial charge in [0.1, 0.15) is 0 Å². The van der Waals surface area contributed by atoms with Crippen LogP contribution < -0.4 is 5.73 Å². The van der Waals surface area contributed by atoms with Gasteiger partial charge >= 0.3 is 0 Å². The maximum Gasteiger partial charge on any atom is 0.0470 e. The highest BCUT2D eigenvalue weighted by Gasteiger charge is 2.17. The van der Waals surface area contributed by atoms with Crippen molar-refractivity contribution in [2.45, 2.75) is 26.8 Å². The molecule has 0 saturated heterocycles. The normalized spacial score (nSPS) is 13.4. The van der Waals surface area contributed by atoms with E-state index in [4.69, 9.17) is 5.73 Å². The lowest BCUT2D eigenvalue weighted by Crippen LogP contribution is -2.33. The molecule has 2 nitrogen and oxygen atoms in total. The minimum Gasteiger partial charge on any atom is -0.329 e. The number of rotatable bonds is 5. The highest BCUT2D eigenvalue weighted by atomic mass is 15.1. The van der Waals surface area contributed by atoms with Gasteiger partial charge < -0.3 is 5.73 Å². The van der Waals surface area contributed by atoms with Crippen LogP contribution in [0.5, 0.6) is 0 Å². The van der Waals surface area contributed by atoms with Crippen LogP contribution in [0.1, 0.15) is 31.0 Å². The van der Waals surface area contributed by atoms with E-state index < -0.39 is 0 Å². The first-order valence-corrected chi connectivity index (χ1v) is 6.02. The molecule has 1 atom stereocenters. The van der Waals surface area contributed by atoms with E-state index in [1.165, 1.54) is 11.1 Å². The third kappa shape index (κ3) is 3.32. The molecule has 0 bridgehead atoms. The summed E-state index contributed by atoms with van der Waals surface area (Å²) < 4.78 is 0. The number of likely N-dealkylation sites (N-methyl/N-ethyl adjacent to an activating group) is 1. The van der Waals surface area contributed by atoms with E-state index in [2.05, 4.69) is 57.0 Å². The predicted molar refractivity (Wildman–Crippen MR) is 70.4 cm³/mol. The zero-order valence-electron chi connectivity index (χ0n) is 10.9. The predicted octanol–water partition coefficient (Wildman–Crippen LogP) is 2.58. The highest BCUT2D eigenvalue weighted by Crippen LogP contribution is 2.22. The molecular formula is C14H24N2. The summed E-state index contributed by atoms with van der Waals surface area (Å²) in [6.07, 6.45) is 0. The van der Waals surface area contributed by atoms with E-state index in [1.54, 1.807) is 0 Å². The molecule has 0 heterocycles. The number of nitrogens with zero attached hydrogens (tertiary/aromatic N) is 1. The first-order valence-electron chi connectivity index (χ1n) is 6.02. The summed E-state index contributed by atoms with van der Waals surface area (Å²) in [6, 6.07) is 8.84. The van der Waals surface area contributed by atoms with E-state index in [9.17, 15) is 0 Å². The Morgan fingerprint density at radius 3 is 2.38 bits per heavy atom. The third-order valence-corrected chi connectivity index (χ3v) is 2.96. The molecule has 2 N–H and O–H groups in total. The van der Waals surface area contributed by atoms with Crippen molar-refractivity contribution in [3.63, 3.8) is 0 Å². The summed E-state index contributed by atoms with van der Waals surface area (Å²) in [5.74, 6) is 0.670. The standard InChI is InChI=1S/C14H24N2/c1-11(2)10-16(4)14(9-15)13-8-6-5-7-12(13)3/h5-8,11,14H,9-10,15H2,1-4H3. The van der Waals surface area contributed by atoms with Crippen molar-refractivity contribution in [1.82, 2.24) is 4.90 Å². The average molecular weight is 220 g/mol. The molecule has 0 aliphatic rings. The molecule has 0 spiro atoms. The largest absolute Gasteiger partial charge is 0.329 e. The van der Waals surface area contributed by atoms with Crippen molar-refractivity contribution < 1.29 is 0 Å². The third-order valence-electron chi connectivity index (χ3n) is 2.96. The number of aryl methyl sites for hydroxylation is 1. The second-order valence-corrected chi connectivity index (χ2v) is 4.94. The molecule has 1 aromatic rings. The van der Waals surface area contributed by atoms with Gasteiger partial charge in [0, 0.05) is 19.1 Å². The van der Waals surface area contributed by atoms with E-state index in [0.29, 0.717) is 18.5 Å². The van der Waals surface area contributed by atoms with Crippen molar-refractivity contribution in [3.8, 4) is 0 Å². The van der Waals surface area contributed by atoms with Crippen LogP contribution in [0.4, 0.5) is 0 Å². The molecule has 1 rings (SSSR count). The van der Waals surface area contributed by atoms with Gasteiger partial charge in [-0.25, -0.2) is 0 Å². The maximum absolute atomic E-state index is 5.91. The van der Waals surface area contributed by atoms with Gasteiger partial charge in [-0.1, -0.05) is 38.1 Å². The number of nitrogens with two attached hydrogens (primary N) is 1. The number of hydrogen-bond acceptors (Lipinski definition) is 2. The van der Waals surface area contributed by atoms with Gasteiger partial charge in [0.05, 0.1) is 0 Å². The first kappa shape index (κ1) is 13.2. The Balaban J connectivity index is 2.86. The van der Waals surface area contributed by atoms with E-state index in [1.807, 2.05) is 0 Å². The molecule has 90 valence electrons. The van der Waals surface area contributed by atoms with Crippen molar-refractivity contribution in [2.24, 2.45) is 11.7 Å². The van der Waals surface area contributed by atoms with Crippen LogP contribution in [0.3, 0.4) is 0 Å². The van der Waals surface area contributed by atoms with E-state index >= 15 is 0 Å². The van der Waals surface area contributed by atoms with Crippen molar-refractivity contribution in [3.05, 3.63) is 35.4 Å². The molecule has 0 amide bonds. The van der Waals surface area contributed by atoms with Crippen LogP contribution in [0, 0.1) is 12.8 Å². The molecule has 2 heteroatoms. The molecule has 1 unspecified atom stereocenters. The summed E-state index contributed by atoms with van der Waals surface area (Å²) >= 11 is 0. The lowest BCUT2D eigenvalue weighted by atomic mass is 9.99. The van der Waals surface area contributed by atoms with Gasteiger partial charge in [0.25, 0.3) is 0 Å². The Bertz CT molecular complexity index is 320. The Hall–Kier alpha value is -0.860. The Morgan fingerprint density at radius 2 is 1.88 bits per heavy atom. The van der Waals surface area contributed by atoms with Gasteiger partial charge in [-0.3, -0.25) is 4.90 Å². The molecule has 0 aliphatic carbocycles. The fourth-order valence-electron chi connectivity index (χ4n) is 2.21. The van der Waals surface area contributed by atoms with Gasteiger partial charge in [0.15, 0.2) is 0 Å². The van der Waals surface area contributed by atoms with Crippen LogP contribution in [0.2, 0.25) is 0 Å². The summed E-state index contributed by atoms with van der Waals surface area (Å²) in [5, 5.41) is 0. The highest BCUT2D eigenvalue weighted by molar-refractivity contribution is 5.29. The SMILES string of the molecule is Cc1ccccc1C(CN)N(C)CC(C)C. The summed E-state index contributed by atoms with van der Waals surface area (Å²) in [4.78, 5) is 2.35. The molecular weight excluding hydrogens is 196 g/mol. The molecule has 0 aliphatic heterocycles. The summed E-state index contributed by atoms with van der Waals surface area (Å²) in [7, 11) is 2.16. The monoisotopic (exact) mass is 220 g/mol. The quantitative estimate of drug-likeness (QED) is 0.826. The number of benzene rings is 1. The van der Waals surface area contributed by atoms with Crippen LogP contribution in [-0.4, -0.2) is 25.0 Å². The van der Waals surface area contributed by atoms with E-state index in [-0.39, 0.29) is 0 Å². The van der Waals surface area contributed by atoms with Crippen LogP contribution in [0.25, 0.3) is 0 Å². The summed E-state index contributed by atoms with van der Waals surface area (Å²) in [5.41, 5.74) is 8.59. The van der Waals surface area contributed by atoms with Gasteiger partial charge in [-0.05, 0) is 31.0 Å². The van der Waals surface area contributed by atoms with Crippen molar-refractivity contribution in [2.75, 3.05) is 20.1 Å². The second-order valence-electron chi connectivity index (χ2n) is 4.94. The molecule has 1 aromatic carbocycles. The molecule has 0 aromatic heterocycles. The Labute approximate surface area is 99.5 Å². The van der Waals surface area contributed by atoms with Gasteiger partial charge in [-0.15, -0.1) is 0 Å². The average Bonchev–Trinajstić information content (AvgIpc) is 2.20.